The molecule has 0 radical (unpaired) electrons. The third-order valence-electron chi connectivity index (χ3n) is 1.67. The molecule has 0 saturated carbocycles. The highest BCUT2D eigenvalue weighted by molar-refractivity contribution is 5.73. The van der Waals surface area contributed by atoms with Crippen molar-refractivity contribution >= 4 is 5.91 Å². The average Bonchev–Trinajstić information content (AvgIpc) is 1.96. The van der Waals surface area contributed by atoms with E-state index in [1.54, 1.807) is 0 Å². The summed E-state index contributed by atoms with van der Waals surface area (Å²) in [6.07, 6.45) is 0.783. The number of nitrogens with two attached hydrogens (primary N) is 1. The zero-order valence-corrected chi connectivity index (χ0v) is 8.42. The number of aliphatic hydroxyl groups is 1. The summed E-state index contributed by atoms with van der Waals surface area (Å²) < 4.78 is 0. The maximum absolute atomic E-state index is 10.3. The first-order valence-corrected chi connectivity index (χ1v) is 4.69. The second-order valence-electron chi connectivity index (χ2n) is 3.70. The van der Waals surface area contributed by atoms with Crippen molar-refractivity contribution in [2.75, 3.05) is 13.1 Å². The lowest BCUT2D eigenvalue weighted by Crippen LogP contribution is -2.30. The summed E-state index contributed by atoms with van der Waals surface area (Å²) in [7, 11) is 0. The number of rotatable bonds is 7. The maximum Gasteiger partial charge on any atom is 0.218 e. The lowest BCUT2D eigenvalue weighted by Gasteiger charge is -2.13. The molecule has 0 fully saturated rings. The van der Waals surface area contributed by atoms with Gasteiger partial charge in [-0.25, -0.2) is 0 Å². The predicted molar refractivity (Wildman–Crippen MR) is 52.1 cm³/mol. The summed E-state index contributed by atoms with van der Waals surface area (Å²) in [6, 6.07) is 0. The van der Waals surface area contributed by atoms with E-state index in [1.807, 2.05) is 0 Å². The third kappa shape index (κ3) is 9.30. The fraction of sp³-hybridized carbons (Fsp3) is 0.889. The maximum atomic E-state index is 10.3. The molecule has 0 saturated heterocycles. The van der Waals surface area contributed by atoms with Crippen molar-refractivity contribution in [2.45, 2.75) is 32.8 Å². The Balaban J connectivity index is 3.26. The van der Waals surface area contributed by atoms with Crippen LogP contribution in [0.1, 0.15) is 26.7 Å². The SMILES string of the molecule is CC(C)CC(O)CNCCC(N)=O. The summed E-state index contributed by atoms with van der Waals surface area (Å²) in [4.78, 5) is 10.3. The molecular formula is C9H20N2O2. The van der Waals surface area contributed by atoms with Gasteiger partial charge in [-0.05, 0) is 12.3 Å². The van der Waals surface area contributed by atoms with Gasteiger partial charge in [-0.3, -0.25) is 4.79 Å². The second-order valence-corrected chi connectivity index (χ2v) is 3.70. The molecule has 1 amide bonds. The van der Waals surface area contributed by atoms with Crippen LogP contribution in [0.4, 0.5) is 0 Å². The van der Waals surface area contributed by atoms with E-state index in [0.29, 0.717) is 25.4 Å². The predicted octanol–water partition coefficient (Wildman–Crippen LogP) is -0.142. The number of hydrogen-bond acceptors (Lipinski definition) is 3. The lowest BCUT2D eigenvalue weighted by molar-refractivity contribution is -0.117. The van der Waals surface area contributed by atoms with Gasteiger partial charge in [-0.15, -0.1) is 0 Å². The van der Waals surface area contributed by atoms with Crippen LogP contribution in [0, 0.1) is 5.92 Å². The summed E-state index contributed by atoms with van der Waals surface area (Å²) >= 11 is 0. The van der Waals surface area contributed by atoms with Gasteiger partial charge in [-0.1, -0.05) is 13.8 Å². The van der Waals surface area contributed by atoms with Crippen LogP contribution in [0.5, 0.6) is 0 Å². The van der Waals surface area contributed by atoms with Gasteiger partial charge in [0.15, 0.2) is 0 Å². The number of amides is 1. The normalized spacial score (nSPS) is 13.2. The zero-order valence-electron chi connectivity index (χ0n) is 8.42. The Morgan fingerprint density at radius 1 is 1.54 bits per heavy atom. The van der Waals surface area contributed by atoms with Crippen LogP contribution in [0.3, 0.4) is 0 Å². The monoisotopic (exact) mass is 188 g/mol. The molecule has 0 spiro atoms. The number of primary amides is 1. The minimum Gasteiger partial charge on any atom is -0.392 e. The van der Waals surface area contributed by atoms with Crippen LogP contribution in [0.15, 0.2) is 0 Å². The van der Waals surface area contributed by atoms with E-state index >= 15 is 0 Å². The summed E-state index contributed by atoms with van der Waals surface area (Å²) in [5.41, 5.74) is 4.95. The highest BCUT2D eigenvalue weighted by atomic mass is 16.3. The molecule has 78 valence electrons. The first-order chi connectivity index (χ1) is 6.02. The van der Waals surface area contributed by atoms with Gasteiger partial charge in [0.1, 0.15) is 0 Å². The van der Waals surface area contributed by atoms with E-state index in [4.69, 9.17) is 5.73 Å². The van der Waals surface area contributed by atoms with Crippen LogP contribution in [-0.2, 0) is 4.79 Å². The molecular weight excluding hydrogens is 168 g/mol. The summed E-state index contributed by atoms with van der Waals surface area (Å²) in [5, 5.41) is 12.4. The number of carbonyl (C=O) groups excluding carboxylic acids is 1. The van der Waals surface area contributed by atoms with Gasteiger partial charge < -0.3 is 16.2 Å². The Labute approximate surface area is 79.5 Å². The highest BCUT2D eigenvalue weighted by Gasteiger charge is 2.05. The molecule has 0 heterocycles. The number of hydrogen-bond donors (Lipinski definition) is 3. The lowest BCUT2D eigenvalue weighted by atomic mass is 10.1. The van der Waals surface area contributed by atoms with Crippen molar-refractivity contribution in [3.05, 3.63) is 0 Å². The molecule has 0 bridgehead atoms. The minimum atomic E-state index is -0.326. The first kappa shape index (κ1) is 12.4. The van der Waals surface area contributed by atoms with Crippen molar-refractivity contribution < 1.29 is 9.90 Å². The molecule has 13 heavy (non-hydrogen) atoms. The van der Waals surface area contributed by atoms with E-state index in [-0.39, 0.29) is 12.0 Å². The van der Waals surface area contributed by atoms with Gasteiger partial charge in [0.25, 0.3) is 0 Å². The molecule has 0 aliphatic heterocycles. The fourth-order valence-corrected chi connectivity index (χ4v) is 1.11. The van der Waals surface area contributed by atoms with Crippen LogP contribution < -0.4 is 11.1 Å². The average molecular weight is 188 g/mol. The van der Waals surface area contributed by atoms with Gasteiger partial charge >= 0.3 is 0 Å². The third-order valence-corrected chi connectivity index (χ3v) is 1.67. The Morgan fingerprint density at radius 2 is 2.15 bits per heavy atom. The molecule has 1 unspecified atom stereocenters. The number of carbonyl (C=O) groups is 1. The zero-order chi connectivity index (χ0) is 10.3. The molecule has 0 rings (SSSR count). The van der Waals surface area contributed by atoms with Gasteiger partial charge in [-0.2, -0.15) is 0 Å². The molecule has 4 N–H and O–H groups in total. The number of nitrogens with one attached hydrogen (secondary N) is 1. The van der Waals surface area contributed by atoms with Crippen molar-refractivity contribution in [1.82, 2.24) is 5.32 Å². The number of aliphatic hydroxyl groups excluding tert-OH is 1. The van der Waals surface area contributed by atoms with E-state index in [0.717, 1.165) is 6.42 Å². The van der Waals surface area contributed by atoms with E-state index < -0.39 is 0 Å². The second kappa shape index (κ2) is 6.86. The van der Waals surface area contributed by atoms with Crippen LogP contribution in [-0.4, -0.2) is 30.2 Å². The topological polar surface area (TPSA) is 75.3 Å². The van der Waals surface area contributed by atoms with Crippen molar-refractivity contribution in [1.29, 1.82) is 0 Å². The Bertz CT molecular complexity index is 149. The summed E-state index contributed by atoms with van der Waals surface area (Å²) in [5.74, 6) is 0.179. The van der Waals surface area contributed by atoms with Gasteiger partial charge in [0.2, 0.25) is 5.91 Å². The van der Waals surface area contributed by atoms with Crippen LogP contribution in [0.25, 0.3) is 0 Å². The van der Waals surface area contributed by atoms with Gasteiger partial charge in [0, 0.05) is 19.5 Å². The van der Waals surface area contributed by atoms with Crippen LogP contribution in [0.2, 0.25) is 0 Å². The molecule has 0 aromatic heterocycles. The quantitative estimate of drug-likeness (QED) is 0.487. The molecule has 1 atom stereocenters. The highest BCUT2D eigenvalue weighted by Crippen LogP contribution is 2.02. The largest absolute Gasteiger partial charge is 0.392 e. The van der Waals surface area contributed by atoms with Crippen molar-refractivity contribution in [3.8, 4) is 0 Å². The Hall–Kier alpha value is -0.610. The smallest absolute Gasteiger partial charge is 0.218 e. The van der Waals surface area contributed by atoms with Crippen molar-refractivity contribution in [3.63, 3.8) is 0 Å². The molecule has 0 aliphatic rings. The Morgan fingerprint density at radius 3 is 2.62 bits per heavy atom. The van der Waals surface area contributed by atoms with E-state index in [2.05, 4.69) is 19.2 Å². The van der Waals surface area contributed by atoms with Gasteiger partial charge in [0.05, 0.1) is 6.10 Å². The first-order valence-electron chi connectivity index (χ1n) is 4.69. The summed E-state index contributed by atoms with van der Waals surface area (Å²) in [6.45, 7) is 5.20. The fourth-order valence-electron chi connectivity index (χ4n) is 1.11. The molecule has 0 aromatic rings. The molecule has 0 aromatic carbocycles. The van der Waals surface area contributed by atoms with E-state index in [9.17, 15) is 9.90 Å². The van der Waals surface area contributed by atoms with Crippen molar-refractivity contribution in [2.24, 2.45) is 11.7 Å². The van der Waals surface area contributed by atoms with Crippen LogP contribution >= 0.6 is 0 Å². The molecule has 4 heteroatoms. The standard InChI is InChI=1S/C9H20N2O2/c1-7(2)5-8(12)6-11-4-3-9(10)13/h7-8,11-12H,3-6H2,1-2H3,(H2,10,13). The van der Waals surface area contributed by atoms with E-state index in [1.165, 1.54) is 0 Å². The Kier molecular flexibility index (Phi) is 6.54. The minimum absolute atomic E-state index is 0.314. The molecule has 0 aliphatic carbocycles. The molecule has 4 nitrogen and oxygen atoms in total.